The number of rotatable bonds is 43. The first-order valence-electron chi connectivity index (χ1n) is 26.0. The van der Waals surface area contributed by atoms with Gasteiger partial charge in [0, 0.05) is 6.42 Å². The molecule has 0 saturated carbocycles. The van der Waals surface area contributed by atoms with Gasteiger partial charge in [0.2, 0.25) is 5.91 Å². The Morgan fingerprint density at radius 1 is 0.540 bits per heavy atom. The molecule has 0 aliphatic carbocycles. The van der Waals surface area contributed by atoms with Gasteiger partial charge in [-0.1, -0.05) is 203 Å². The molecule has 9 nitrogen and oxygen atoms in total. The number of carbonyl (C=O) groups is 1. The highest BCUT2D eigenvalue weighted by atomic mass is 16.7. The van der Waals surface area contributed by atoms with Crippen LogP contribution >= 0.6 is 0 Å². The Labute approximate surface area is 386 Å². The molecule has 1 aliphatic rings. The van der Waals surface area contributed by atoms with Gasteiger partial charge in [-0.25, -0.2) is 0 Å². The summed E-state index contributed by atoms with van der Waals surface area (Å²) in [5, 5.41) is 54.3. The fourth-order valence-electron chi connectivity index (χ4n) is 7.88. The lowest BCUT2D eigenvalue weighted by molar-refractivity contribution is -0.302. The fraction of sp³-hybridized carbons (Fsp3) is 0.796. The number of aliphatic hydroxyl groups is 5. The molecule has 0 aromatic carbocycles. The minimum Gasteiger partial charge on any atom is -0.394 e. The van der Waals surface area contributed by atoms with E-state index >= 15 is 0 Å². The second-order valence-electron chi connectivity index (χ2n) is 18.0. The van der Waals surface area contributed by atoms with E-state index in [1.807, 2.05) is 6.08 Å². The smallest absolute Gasteiger partial charge is 0.220 e. The average Bonchev–Trinajstić information content (AvgIpc) is 3.28. The zero-order chi connectivity index (χ0) is 45.9. The van der Waals surface area contributed by atoms with Crippen LogP contribution in [-0.4, -0.2) is 87.5 Å². The average molecular weight is 888 g/mol. The zero-order valence-corrected chi connectivity index (χ0v) is 40.3. The lowest BCUT2D eigenvalue weighted by Gasteiger charge is -2.40. The predicted octanol–water partition coefficient (Wildman–Crippen LogP) is 12.0. The van der Waals surface area contributed by atoms with Crippen molar-refractivity contribution in [2.45, 2.75) is 262 Å². The molecule has 1 amide bonds. The summed E-state index contributed by atoms with van der Waals surface area (Å²) in [5.74, 6) is -0.200. The minimum atomic E-state index is -1.58. The van der Waals surface area contributed by atoms with E-state index in [1.165, 1.54) is 135 Å². The topological polar surface area (TPSA) is 149 Å². The van der Waals surface area contributed by atoms with Gasteiger partial charge in [0.05, 0.1) is 25.4 Å². The molecule has 0 bridgehead atoms. The van der Waals surface area contributed by atoms with Crippen LogP contribution in [0.1, 0.15) is 219 Å². The third kappa shape index (κ3) is 33.9. The fourth-order valence-corrected chi connectivity index (χ4v) is 7.88. The Kier molecular flexibility index (Phi) is 40.9. The molecule has 1 saturated heterocycles. The van der Waals surface area contributed by atoms with Crippen LogP contribution in [0, 0.1) is 0 Å². The SMILES string of the molecule is CCCCCCC/C=C\C/C=C\C/C=C\CCCCCCCCC(=O)NC(COC1OC(CO)C(O)C(O)C1O)C(O)/C=C/CC/C=C/CCCCCCCCCCCCCCC. The number of amides is 1. The number of ether oxygens (including phenoxy) is 2. The number of hydrogen-bond acceptors (Lipinski definition) is 8. The molecule has 1 rings (SSSR count). The van der Waals surface area contributed by atoms with Crippen LogP contribution in [0.4, 0.5) is 0 Å². The van der Waals surface area contributed by atoms with Crippen LogP contribution in [0.15, 0.2) is 60.8 Å². The van der Waals surface area contributed by atoms with Crippen LogP contribution in [0.2, 0.25) is 0 Å². The van der Waals surface area contributed by atoms with Crippen molar-refractivity contribution < 1.29 is 39.8 Å². The van der Waals surface area contributed by atoms with Crippen LogP contribution in [-0.2, 0) is 14.3 Å². The van der Waals surface area contributed by atoms with E-state index in [-0.39, 0.29) is 12.5 Å². The quantitative estimate of drug-likeness (QED) is 0.0262. The van der Waals surface area contributed by atoms with Crippen LogP contribution in [0.25, 0.3) is 0 Å². The first kappa shape index (κ1) is 58.9. The van der Waals surface area contributed by atoms with Crippen LogP contribution < -0.4 is 5.32 Å². The van der Waals surface area contributed by atoms with Gasteiger partial charge in [-0.15, -0.1) is 0 Å². The molecule has 6 N–H and O–H groups in total. The summed E-state index contributed by atoms with van der Waals surface area (Å²) < 4.78 is 11.2. The molecule has 63 heavy (non-hydrogen) atoms. The first-order valence-corrected chi connectivity index (χ1v) is 26.0. The van der Waals surface area contributed by atoms with E-state index in [0.29, 0.717) is 6.42 Å². The molecule has 0 radical (unpaired) electrons. The number of allylic oxidation sites excluding steroid dienone is 9. The molecule has 0 aromatic heterocycles. The molecule has 0 aromatic rings. The lowest BCUT2D eigenvalue weighted by Crippen LogP contribution is -2.60. The summed E-state index contributed by atoms with van der Waals surface area (Å²) >= 11 is 0. The Hall–Kier alpha value is -2.11. The largest absolute Gasteiger partial charge is 0.394 e. The molecule has 7 atom stereocenters. The highest BCUT2D eigenvalue weighted by Crippen LogP contribution is 2.23. The summed E-state index contributed by atoms with van der Waals surface area (Å²) in [4.78, 5) is 13.0. The summed E-state index contributed by atoms with van der Waals surface area (Å²) in [6, 6.07) is -0.831. The van der Waals surface area contributed by atoms with Crippen molar-refractivity contribution >= 4 is 5.91 Å². The highest BCUT2D eigenvalue weighted by molar-refractivity contribution is 5.76. The summed E-state index contributed by atoms with van der Waals surface area (Å²) in [5.41, 5.74) is 0. The van der Waals surface area contributed by atoms with Gasteiger partial charge < -0.3 is 40.3 Å². The number of carbonyl (C=O) groups excluding carboxylic acids is 1. The molecule has 1 heterocycles. The van der Waals surface area contributed by atoms with Gasteiger partial charge in [-0.3, -0.25) is 4.79 Å². The standard InChI is InChI=1S/C54H97NO8/c1-3-5-7-9-11-13-15-17-19-21-23-24-26-28-30-32-34-36-38-40-42-44-50(58)55-47(46-62-54-53(61)52(60)51(59)49(45-56)63-54)48(57)43-41-39-37-35-33-31-29-27-25-22-20-18-16-14-12-10-8-6-4-2/h15,17,21,23,26,28,33,35,41,43,47-49,51-54,56-57,59-61H,3-14,16,18-20,22,24-25,27,29-32,34,36-40,42,44-46H2,1-2H3,(H,55,58)/b17-15-,23-21-,28-26-,35-33+,43-41+. The minimum absolute atomic E-state index is 0.200. The molecule has 0 spiro atoms. The monoisotopic (exact) mass is 888 g/mol. The predicted molar refractivity (Wildman–Crippen MR) is 262 cm³/mol. The Bertz CT molecular complexity index is 1170. The van der Waals surface area contributed by atoms with E-state index in [2.05, 4.69) is 67.8 Å². The summed E-state index contributed by atoms with van der Waals surface area (Å²) in [6.07, 6.45) is 51.2. The maximum atomic E-state index is 13.0. The van der Waals surface area contributed by atoms with Gasteiger partial charge in [0.1, 0.15) is 24.4 Å². The molecule has 366 valence electrons. The van der Waals surface area contributed by atoms with Crippen molar-refractivity contribution in [3.63, 3.8) is 0 Å². The summed E-state index contributed by atoms with van der Waals surface area (Å²) in [7, 11) is 0. The summed E-state index contributed by atoms with van der Waals surface area (Å²) in [6.45, 7) is 3.74. The van der Waals surface area contributed by atoms with Gasteiger partial charge in [-0.2, -0.15) is 0 Å². The van der Waals surface area contributed by atoms with Crippen LogP contribution in [0.5, 0.6) is 0 Å². The van der Waals surface area contributed by atoms with Crippen molar-refractivity contribution in [1.29, 1.82) is 0 Å². The van der Waals surface area contributed by atoms with Gasteiger partial charge >= 0.3 is 0 Å². The second-order valence-corrected chi connectivity index (χ2v) is 18.0. The number of unbranched alkanes of at least 4 members (excludes halogenated alkanes) is 25. The third-order valence-corrected chi connectivity index (χ3v) is 12.1. The maximum absolute atomic E-state index is 13.0. The van der Waals surface area contributed by atoms with E-state index < -0.39 is 49.5 Å². The van der Waals surface area contributed by atoms with Crippen molar-refractivity contribution in [1.82, 2.24) is 5.32 Å². The second kappa shape index (κ2) is 43.8. The molecule has 1 fully saturated rings. The van der Waals surface area contributed by atoms with Crippen molar-refractivity contribution in [2.75, 3.05) is 13.2 Å². The molecular weight excluding hydrogens is 791 g/mol. The van der Waals surface area contributed by atoms with Crippen LogP contribution in [0.3, 0.4) is 0 Å². The van der Waals surface area contributed by atoms with Crippen molar-refractivity contribution in [2.24, 2.45) is 0 Å². The van der Waals surface area contributed by atoms with E-state index in [0.717, 1.165) is 64.2 Å². The zero-order valence-electron chi connectivity index (χ0n) is 40.3. The highest BCUT2D eigenvalue weighted by Gasteiger charge is 2.44. The van der Waals surface area contributed by atoms with E-state index in [4.69, 9.17) is 9.47 Å². The van der Waals surface area contributed by atoms with Gasteiger partial charge in [-0.05, 0) is 70.6 Å². The Morgan fingerprint density at radius 2 is 0.952 bits per heavy atom. The number of hydrogen-bond donors (Lipinski definition) is 6. The van der Waals surface area contributed by atoms with Crippen molar-refractivity contribution in [3.8, 4) is 0 Å². The lowest BCUT2D eigenvalue weighted by atomic mass is 9.99. The molecule has 9 heteroatoms. The normalized spacial score (nSPS) is 20.7. The number of aliphatic hydroxyl groups excluding tert-OH is 5. The van der Waals surface area contributed by atoms with E-state index in [9.17, 15) is 30.3 Å². The molecular formula is C54H97NO8. The molecule has 7 unspecified atom stereocenters. The Morgan fingerprint density at radius 3 is 1.44 bits per heavy atom. The number of nitrogens with one attached hydrogen (secondary N) is 1. The van der Waals surface area contributed by atoms with Gasteiger partial charge in [0.25, 0.3) is 0 Å². The van der Waals surface area contributed by atoms with Crippen molar-refractivity contribution in [3.05, 3.63) is 60.8 Å². The van der Waals surface area contributed by atoms with Gasteiger partial charge in [0.15, 0.2) is 6.29 Å². The molecule has 1 aliphatic heterocycles. The first-order chi connectivity index (χ1) is 30.8. The Balaban J connectivity index is 2.34. The van der Waals surface area contributed by atoms with E-state index in [1.54, 1.807) is 6.08 Å². The third-order valence-electron chi connectivity index (χ3n) is 12.1. The maximum Gasteiger partial charge on any atom is 0.220 e.